The molecular weight excluding hydrogens is 300 g/mol. The summed E-state index contributed by atoms with van der Waals surface area (Å²) >= 11 is 5.94. The molecule has 0 atom stereocenters. The number of benzene rings is 1. The molecule has 6 heteroatoms. The van der Waals surface area contributed by atoms with E-state index in [0.717, 1.165) is 12.1 Å². The number of halogens is 1. The predicted molar refractivity (Wildman–Crippen MR) is 89.5 cm³/mol. The fourth-order valence-electron chi connectivity index (χ4n) is 1.77. The molecule has 5 nitrogen and oxygen atoms in total. The van der Waals surface area contributed by atoms with E-state index in [2.05, 4.69) is 34.7 Å². The number of aryl methyl sites for hydroxylation is 1. The third kappa shape index (κ3) is 4.43. The third-order valence-corrected chi connectivity index (χ3v) is 3.27. The molecule has 0 unspecified atom stereocenters. The van der Waals surface area contributed by atoms with Crippen molar-refractivity contribution in [2.24, 2.45) is 5.92 Å². The first kappa shape index (κ1) is 16.2. The average molecular weight is 319 g/mol. The first-order chi connectivity index (χ1) is 10.5. The van der Waals surface area contributed by atoms with Crippen LogP contribution in [0.15, 0.2) is 30.3 Å². The summed E-state index contributed by atoms with van der Waals surface area (Å²) in [4.78, 5) is 12.2. The average Bonchev–Trinajstić information content (AvgIpc) is 2.49. The lowest BCUT2D eigenvalue weighted by molar-refractivity contribution is 0.102. The second kappa shape index (κ2) is 7.22. The summed E-state index contributed by atoms with van der Waals surface area (Å²) in [7, 11) is 0. The van der Waals surface area contributed by atoms with E-state index in [1.807, 2.05) is 13.0 Å². The number of hydrogen-bond donors (Lipinski definition) is 2. The van der Waals surface area contributed by atoms with Gasteiger partial charge in [-0.25, -0.2) is 0 Å². The number of carbonyl (C=O) groups is 1. The smallest absolute Gasteiger partial charge is 0.276 e. The zero-order valence-electron chi connectivity index (χ0n) is 12.9. The minimum absolute atomic E-state index is 0.259. The number of anilines is 2. The molecule has 2 N–H and O–H groups in total. The number of nitrogens with one attached hydrogen (secondary N) is 2. The Morgan fingerprint density at radius 2 is 2.00 bits per heavy atom. The maximum absolute atomic E-state index is 12.2. The largest absolute Gasteiger partial charge is 0.368 e. The zero-order chi connectivity index (χ0) is 16.1. The third-order valence-electron chi connectivity index (χ3n) is 3.04. The molecule has 22 heavy (non-hydrogen) atoms. The molecule has 0 aliphatic heterocycles. The van der Waals surface area contributed by atoms with Crippen molar-refractivity contribution in [3.63, 3.8) is 0 Å². The Kier molecular flexibility index (Phi) is 5.33. The molecule has 1 aromatic heterocycles. The summed E-state index contributed by atoms with van der Waals surface area (Å²) in [5, 5.41) is 14.5. The van der Waals surface area contributed by atoms with Crippen molar-refractivity contribution in [2.75, 3.05) is 17.2 Å². The van der Waals surface area contributed by atoms with Crippen molar-refractivity contribution in [3.05, 3.63) is 46.6 Å². The van der Waals surface area contributed by atoms with Crippen LogP contribution in [0.4, 0.5) is 11.5 Å². The van der Waals surface area contributed by atoms with Crippen LogP contribution in [0.25, 0.3) is 0 Å². The Morgan fingerprint density at radius 3 is 2.64 bits per heavy atom. The van der Waals surface area contributed by atoms with Gasteiger partial charge in [0.2, 0.25) is 0 Å². The maximum atomic E-state index is 12.2. The van der Waals surface area contributed by atoms with Gasteiger partial charge < -0.3 is 10.6 Å². The van der Waals surface area contributed by atoms with Gasteiger partial charge >= 0.3 is 0 Å². The van der Waals surface area contributed by atoms with Crippen molar-refractivity contribution < 1.29 is 4.79 Å². The number of nitrogens with zero attached hydrogens (tertiary/aromatic N) is 2. The summed E-state index contributed by atoms with van der Waals surface area (Å²) in [6.45, 7) is 6.92. The molecule has 2 rings (SSSR count). The lowest BCUT2D eigenvalue weighted by Crippen LogP contribution is -2.16. The highest BCUT2D eigenvalue weighted by atomic mass is 35.5. The number of amides is 1. The second-order valence-electron chi connectivity index (χ2n) is 5.49. The van der Waals surface area contributed by atoms with E-state index in [4.69, 9.17) is 11.6 Å². The van der Waals surface area contributed by atoms with Crippen LogP contribution in [-0.4, -0.2) is 22.6 Å². The van der Waals surface area contributed by atoms with Gasteiger partial charge in [0, 0.05) is 17.3 Å². The molecule has 0 aliphatic rings. The SMILES string of the molecule is Cc1ccc(Cl)cc1NC(=O)c1ccc(NCC(C)C)nn1. The van der Waals surface area contributed by atoms with E-state index < -0.39 is 0 Å². The van der Waals surface area contributed by atoms with E-state index in [9.17, 15) is 4.79 Å². The molecule has 0 aliphatic carbocycles. The first-order valence-corrected chi connectivity index (χ1v) is 7.48. The molecule has 0 spiro atoms. The highest BCUT2D eigenvalue weighted by molar-refractivity contribution is 6.31. The maximum Gasteiger partial charge on any atom is 0.276 e. The van der Waals surface area contributed by atoms with Crippen LogP contribution in [0.1, 0.15) is 29.9 Å². The molecule has 1 aromatic carbocycles. The van der Waals surface area contributed by atoms with Crippen LogP contribution in [0, 0.1) is 12.8 Å². The van der Waals surface area contributed by atoms with Gasteiger partial charge in [-0.15, -0.1) is 10.2 Å². The van der Waals surface area contributed by atoms with Gasteiger partial charge in [0.05, 0.1) is 0 Å². The summed E-state index contributed by atoms with van der Waals surface area (Å²) in [5.41, 5.74) is 1.86. The van der Waals surface area contributed by atoms with Crippen molar-refractivity contribution in [1.29, 1.82) is 0 Å². The standard InChI is InChI=1S/C16H19ClN4O/c1-10(2)9-18-15-7-6-13(20-21-15)16(22)19-14-8-12(17)5-4-11(14)3/h4-8,10H,9H2,1-3H3,(H,18,21)(H,19,22). The Labute approximate surface area is 135 Å². The van der Waals surface area contributed by atoms with Crippen LogP contribution in [0.3, 0.4) is 0 Å². The molecule has 1 amide bonds. The lowest BCUT2D eigenvalue weighted by Gasteiger charge is -2.09. The summed E-state index contributed by atoms with van der Waals surface area (Å²) in [5.74, 6) is 0.855. The molecule has 0 bridgehead atoms. The van der Waals surface area contributed by atoms with Crippen LogP contribution in [0.2, 0.25) is 5.02 Å². The van der Waals surface area contributed by atoms with Gasteiger partial charge in [0.1, 0.15) is 5.82 Å². The molecule has 0 saturated carbocycles. The van der Waals surface area contributed by atoms with E-state index in [-0.39, 0.29) is 11.6 Å². The van der Waals surface area contributed by atoms with Crippen molar-refractivity contribution in [2.45, 2.75) is 20.8 Å². The highest BCUT2D eigenvalue weighted by Gasteiger charge is 2.10. The Balaban J connectivity index is 2.05. The van der Waals surface area contributed by atoms with Crippen molar-refractivity contribution >= 4 is 29.0 Å². The fraction of sp³-hybridized carbons (Fsp3) is 0.312. The second-order valence-corrected chi connectivity index (χ2v) is 5.93. The quantitative estimate of drug-likeness (QED) is 0.881. The van der Waals surface area contributed by atoms with Gasteiger partial charge in [0.25, 0.3) is 5.91 Å². The Morgan fingerprint density at radius 1 is 1.23 bits per heavy atom. The van der Waals surface area contributed by atoms with Crippen LogP contribution < -0.4 is 10.6 Å². The molecule has 2 aromatic rings. The predicted octanol–water partition coefficient (Wildman–Crippen LogP) is 3.76. The minimum atomic E-state index is -0.312. The molecule has 1 heterocycles. The minimum Gasteiger partial charge on any atom is -0.368 e. The van der Waals surface area contributed by atoms with Crippen molar-refractivity contribution in [1.82, 2.24) is 10.2 Å². The van der Waals surface area contributed by atoms with Gasteiger partial charge in [-0.3, -0.25) is 4.79 Å². The van der Waals surface area contributed by atoms with Gasteiger partial charge in [-0.1, -0.05) is 31.5 Å². The van der Waals surface area contributed by atoms with Gasteiger partial charge in [-0.05, 0) is 42.7 Å². The van der Waals surface area contributed by atoms with Crippen LogP contribution >= 0.6 is 11.6 Å². The Hall–Kier alpha value is -2.14. The summed E-state index contributed by atoms with van der Waals surface area (Å²) in [6.07, 6.45) is 0. The zero-order valence-corrected chi connectivity index (χ0v) is 13.6. The van der Waals surface area contributed by atoms with Crippen LogP contribution in [0.5, 0.6) is 0 Å². The van der Waals surface area contributed by atoms with E-state index in [0.29, 0.717) is 22.4 Å². The monoisotopic (exact) mass is 318 g/mol. The molecule has 0 saturated heterocycles. The molecular formula is C16H19ClN4O. The molecule has 116 valence electrons. The fourth-order valence-corrected chi connectivity index (χ4v) is 1.94. The number of aromatic nitrogens is 2. The Bertz CT molecular complexity index is 656. The number of carbonyl (C=O) groups excluding carboxylic acids is 1. The number of hydrogen-bond acceptors (Lipinski definition) is 4. The molecule has 0 radical (unpaired) electrons. The van der Waals surface area contributed by atoms with Crippen molar-refractivity contribution in [3.8, 4) is 0 Å². The van der Waals surface area contributed by atoms with E-state index in [1.165, 1.54) is 0 Å². The number of rotatable bonds is 5. The van der Waals surface area contributed by atoms with Gasteiger partial charge in [0.15, 0.2) is 5.69 Å². The van der Waals surface area contributed by atoms with Crippen LogP contribution in [-0.2, 0) is 0 Å². The highest BCUT2D eigenvalue weighted by Crippen LogP contribution is 2.20. The topological polar surface area (TPSA) is 66.9 Å². The summed E-state index contributed by atoms with van der Waals surface area (Å²) in [6, 6.07) is 8.73. The normalized spacial score (nSPS) is 10.6. The van der Waals surface area contributed by atoms with E-state index >= 15 is 0 Å². The van der Waals surface area contributed by atoms with E-state index in [1.54, 1.807) is 24.3 Å². The lowest BCUT2D eigenvalue weighted by atomic mass is 10.2. The molecule has 0 fully saturated rings. The van der Waals surface area contributed by atoms with Gasteiger partial charge in [-0.2, -0.15) is 0 Å². The summed E-state index contributed by atoms with van der Waals surface area (Å²) < 4.78 is 0. The first-order valence-electron chi connectivity index (χ1n) is 7.11.